The van der Waals surface area contributed by atoms with Gasteiger partial charge in [0.05, 0.1) is 11.0 Å². The second-order valence-electron chi connectivity index (χ2n) is 9.59. The summed E-state index contributed by atoms with van der Waals surface area (Å²) in [7, 11) is 1.70. The van der Waals surface area contributed by atoms with E-state index < -0.39 is 5.60 Å². The number of hydrogen-bond donors (Lipinski definition) is 3. The smallest absolute Gasteiger partial charge is 0.270 e. The number of fused-ring (bicyclic) bond motifs is 1. The van der Waals surface area contributed by atoms with Gasteiger partial charge in [0.2, 0.25) is 5.91 Å². The van der Waals surface area contributed by atoms with E-state index in [1.54, 1.807) is 13.2 Å². The minimum Gasteiger partial charge on any atom is -0.373 e. The number of hydrogen-bond acceptors (Lipinski definition) is 6. The topological polar surface area (TPSA) is 112 Å². The summed E-state index contributed by atoms with van der Waals surface area (Å²) in [4.78, 5) is 39.4. The predicted molar refractivity (Wildman–Crippen MR) is 152 cm³/mol. The number of H-pyrrole nitrogens is 1. The maximum Gasteiger partial charge on any atom is 0.270 e. The number of carbonyl (C=O) groups is 2. The lowest BCUT2D eigenvalue weighted by atomic mass is 9.84. The summed E-state index contributed by atoms with van der Waals surface area (Å²) in [5.74, 6) is 0.920. The average Bonchev–Trinajstić information content (AvgIpc) is 3.40. The van der Waals surface area contributed by atoms with Crippen LogP contribution in [0.2, 0.25) is 5.02 Å². The molecule has 3 N–H and O–H groups in total. The molecule has 2 amide bonds. The summed E-state index contributed by atoms with van der Waals surface area (Å²) < 4.78 is 5.98. The number of carbonyl (C=O) groups excluding carboxylic acids is 2. The van der Waals surface area contributed by atoms with Gasteiger partial charge >= 0.3 is 0 Å². The molecule has 4 aromatic rings. The highest BCUT2D eigenvalue weighted by Crippen LogP contribution is 2.40. The standard InChI is InChI=1S/C29H31ClN6O3/c1-19(37)31-14-15-32-26-21-18-24(33-27(21)35-25(34-26)20-8-4-3-5-9-20)28(38)36-16-12-29(39-2,13-17-36)22-10-6-7-11-23(22)30/h3-11,18H,12-17H2,1-2H3,(H,31,37)(H2,32,33,34,35). The Morgan fingerprint density at radius 1 is 1.05 bits per heavy atom. The molecule has 0 aliphatic carbocycles. The fourth-order valence-electron chi connectivity index (χ4n) is 5.05. The van der Waals surface area contributed by atoms with Crippen molar-refractivity contribution in [1.82, 2.24) is 25.2 Å². The van der Waals surface area contributed by atoms with Crippen molar-refractivity contribution in [2.75, 3.05) is 38.6 Å². The van der Waals surface area contributed by atoms with Gasteiger partial charge in [-0.15, -0.1) is 0 Å². The third kappa shape index (κ3) is 5.60. The summed E-state index contributed by atoms with van der Waals surface area (Å²) in [5, 5.41) is 7.43. The Labute approximate surface area is 231 Å². The molecular weight excluding hydrogens is 516 g/mol. The molecule has 202 valence electrons. The van der Waals surface area contributed by atoms with Gasteiger partial charge in [0, 0.05) is 56.4 Å². The number of likely N-dealkylation sites (tertiary alicyclic amines) is 1. The summed E-state index contributed by atoms with van der Waals surface area (Å²) in [6.07, 6.45) is 1.26. The zero-order chi connectivity index (χ0) is 27.4. The number of rotatable bonds is 8. The molecule has 2 aromatic carbocycles. The van der Waals surface area contributed by atoms with Crippen molar-refractivity contribution in [3.63, 3.8) is 0 Å². The van der Waals surface area contributed by atoms with Crippen LogP contribution >= 0.6 is 11.6 Å². The van der Waals surface area contributed by atoms with E-state index >= 15 is 0 Å². The maximum absolute atomic E-state index is 13.6. The number of nitrogens with one attached hydrogen (secondary N) is 3. The van der Waals surface area contributed by atoms with Crippen LogP contribution in [0.25, 0.3) is 22.4 Å². The molecule has 0 bridgehead atoms. The molecule has 0 spiro atoms. The number of ether oxygens (including phenoxy) is 1. The van der Waals surface area contributed by atoms with E-state index in [0.29, 0.717) is 72.4 Å². The maximum atomic E-state index is 13.6. The van der Waals surface area contributed by atoms with Crippen LogP contribution in [-0.4, -0.2) is 65.0 Å². The molecule has 1 aliphatic heterocycles. The zero-order valence-electron chi connectivity index (χ0n) is 22.0. The van der Waals surface area contributed by atoms with E-state index in [1.807, 2.05) is 59.5 Å². The molecule has 0 saturated carbocycles. The molecule has 10 heteroatoms. The first-order valence-electron chi connectivity index (χ1n) is 12.9. The van der Waals surface area contributed by atoms with Gasteiger partial charge in [-0.25, -0.2) is 9.97 Å². The third-order valence-electron chi connectivity index (χ3n) is 7.15. The summed E-state index contributed by atoms with van der Waals surface area (Å²) in [6.45, 7) is 3.44. The lowest BCUT2D eigenvalue weighted by molar-refractivity contribution is -0.118. The molecular formula is C29H31ClN6O3. The Balaban J connectivity index is 1.39. The van der Waals surface area contributed by atoms with Crippen molar-refractivity contribution < 1.29 is 14.3 Å². The number of amides is 2. The van der Waals surface area contributed by atoms with E-state index in [1.165, 1.54) is 6.92 Å². The van der Waals surface area contributed by atoms with Crippen molar-refractivity contribution >= 4 is 40.3 Å². The van der Waals surface area contributed by atoms with Gasteiger partial charge in [0.15, 0.2) is 5.82 Å². The third-order valence-corrected chi connectivity index (χ3v) is 7.48. The van der Waals surface area contributed by atoms with Crippen LogP contribution in [0, 0.1) is 0 Å². The normalized spacial score (nSPS) is 14.8. The highest BCUT2D eigenvalue weighted by molar-refractivity contribution is 6.31. The monoisotopic (exact) mass is 546 g/mol. The van der Waals surface area contributed by atoms with E-state index in [0.717, 1.165) is 11.1 Å². The van der Waals surface area contributed by atoms with Gasteiger partial charge in [0.1, 0.15) is 17.2 Å². The lowest BCUT2D eigenvalue weighted by Gasteiger charge is -2.41. The molecule has 39 heavy (non-hydrogen) atoms. The van der Waals surface area contributed by atoms with Crippen molar-refractivity contribution in [1.29, 1.82) is 0 Å². The molecule has 2 aromatic heterocycles. The van der Waals surface area contributed by atoms with Crippen LogP contribution in [0.4, 0.5) is 5.82 Å². The predicted octanol–water partition coefficient (Wildman–Crippen LogP) is 4.60. The van der Waals surface area contributed by atoms with E-state index in [4.69, 9.17) is 26.3 Å². The summed E-state index contributed by atoms with van der Waals surface area (Å²) in [6, 6.07) is 19.2. The largest absolute Gasteiger partial charge is 0.373 e. The highest BCUT2D eigenvalue weighted by Gasteiger charge is 2.39. The van der Waals surface area contributed by atoms with Crippen LogP contribution in [0.15, 0.2) is 60.7 Å². The number of nitrogens with zero attached hydrogens (tertiary/aromatic N) is 3. The van der Waals surface area contributed by atoms with Crippen molar-refractivity contribution in [3.05, 3.63) is 76.9 Å². The fraction of sp³-hybridized carbons (Fsp3) is 0.310. The van der Waals surface area contributed by atoms with Gasteiger partial charge in [-0.05, 0) is 25.0 Å². The number of anilines is 1. The molecule has 0 radical (unpaired) electrons. The summed E-state index contributed by atoms with van der Waals surface area (Å²) >= 11 is 6.49. The second-order valence-corrected chi connectivity index (χ2v) is 9.99. The van der Waals surface area contributed by atoms with Crippen LogP contribution in [0.5, 0.6) is 0 Å². The Morgan fingerprint density at radius 3 is 2.46 bits per heavy atom. The number of aromatic nitrogens is 3. The molecule has 0 unspecified atom stereocenters. The number of aromatic amines is 1. The highest BCUT2D eigenvalue weighted by atomic mass is 35.5. The Hall–Kier alpha value is -3.95. The Kier molecular flexibility index (Phi) is 7.81. The van der Waals surface area contributed by atoms with Crippen LogP contribution in [0.3, 0.4) is 0 Å². The average molecular weight is 547 g/mol. The van der Waals surface area contributed by atoms with E-state index in [-0.39, 0.29) is 11.8 Å². The number of methoxy groups -OCH3 is 1. The first kappa shape index (κ1) is 26.6. The van der Waals surface area contributed by atoms with Crippen LogP contribution in [-0.2, 0) is 15.1 Å². The van der Waals surface area contributed by atoms with E-state index in [2.05, 4.69) is 15.6 Å². The Morgan fingerprint density at radius 2 is 1.77 bits per heavy atom. The lowest BCUT2D eigenvalue weighted by Crippen LogP contribution is -2.46. The van der Waals surface area contributed by atoms with Gasteiger partial charge in [0.25, 0.3) is 5.91 Å². The molecule has 5 rings (SSSR count). The molecule has 1 saturated heterocycles. The number of halogens is 1. The molecule has 9 nitrogen and oxygen atoms in total. The molecule has 0 atom stereocenters. The van der Waals surface area contributed by atoms with Gasteiger partial charge in [-0.2, -0.15) is 0 Å². The fourth-order valence-corrected chi connectivity index (χ4v) is 5.36. The SMILES string of the molecule is COC1(c2ccccc2Cl)CCN(C(=O)c2cc3c(NCCNC(C)=O)nc(-c4ccccc4)nc3[nH]2)CC1. The van der Waals surface area contributed by atoms with E-state index in [9.17, 15) is 9.59 Å². The first-order valence-corrected chi connectivity index (χ1v) is 13.3. The molecule has 3 heterocycles. The number of piperidine rings is 1. The second kappa shape index (κ2) is 11.4. The van der Waals surface area contributed by atoms with Crippen molar-refractivity contribution in [2.24, 2.45) is 0 Å². The number of benzene rings is 2. The van der Waals surface area contributed by atoms with Crippen LogP contribution in [0.1, 0.15) is 35.8 Å². The van der Waals surface area contributed by atoms with Gasteiger partial charge < -0.3 is 25.3 Å². The molecule has 1 aliphatic rings. The Bertz CT molecular complexity index is 1480. The quantitative estimate of drug-likeness (QED) is 0.278. The minimum atomic E-state index is -0.531. The zero-order valence-corrected chi connectivity index (χ0v) is 22.7. The van der Waals surface area contributed by atoms with Gasteiger partial charge in [-0.3, -0.25) is 9.59 Å². The van der Waals surface area contributed by atoms with Gasteiger partial charge in [-0.1, -0.05) is 60.1 Å². The van der Waals surface area contributed by atoms with Crippen molar-refractivity contribution in [2.45, 2.75) is 25.4 Å². The first-order chi connectivity index (χ1) is 18.9. The van der Waals surface area contributed by atoms with Crippen molar-refractivity contribution in [3.8, 4) is 11.4 Å². The molecule has 1 fully saturated rings. The minimum absolute atomic E-state index is 0.0994. The van der Waals surface area contributed by atoms with Crippen LogP contribution < -0.4 is 10.6 Å². The summed E-state index contributed by atoms with van der Waals surface area (Å²) in [5.41, 5.74) is 2.28.